The first kappa shape index (κ1) is 13.5. The van der Waals surface area contributed by atoms with Crippen LogP contribution in [0.25, 0.3) is 0 Å². The SMILES string of the molecule is NCCNC(=O)Nc1ccc(C(=O)O)cc1Br. The van der Waals surface area contributed by atoms with Gasteiger partial charge in [0, 0.05) is 17.6 Å². The van der Waals surface area contributed by atoms with Crippen LogP contribution in [0, 0.1) is 0 Å². The summed E-state index contributed by atoms with van der Waals surface area (Å²) >= 11 is 3.18. The number of amides is 2. The molecule has 0 spiro atoms. The Bertz CT molecular complexity index is 437. The molecule has 17 heavy (non-hydrogen) atoms. The van der Waals surface area contributed by atoms with Crippen LogP contribution >= 0.6 is 15.9 Å². The molecule has 6 nitrogen and oxygen atoms in total. The Morgan fingerprint density at radius 2 is 2.12 bits per heavy atom. The summed E-state index contributed by atoms with van der Waals surface area (Å²) < 4.78 is 0.500. The number of nitrogens with two attached hydrogens (primary N) is 1. The number of rotatable bonds is 4. The minimum absolute atomic E-state index is 0.143. The molecule has 0 unspecified atom stereocenters. The third-order valence-corrected chi connectivity index (χ3v) is 2.55. The molecule has 0 aliphatic rings. The first-order chi connectivity index (χ1) is 8.04. The van der Waals surface area contributed by atoms with E-state index in [0.29, 0.717) is 23.2 Å². The van der Waals surface area contributed by atoms with E-state index in [1.807, 2.05) is 0 Å². The third kappa shape index (κ3) is 4.04. The molecular weight excluding hydrogens is 290 g/mol. The van der Waals surface area contributed by atoms with E-state index < -0.39 is 5.97 Å². The fourth-order valence-electron chi connectivity index (χ4n) is 1.10. The average Bonchev–Trinajstić information content (AvgIpc) is 2.28. The molecule has 1 aromatic carbocycles. The maximum atomic E-state index is 11.3. The van der Waals surface area contributed by atoms with Crippen LogP contribution in [0.15, 0.2) is 22.7 Å². The highest BCUT2D eigenvalue weighted by Crippen LogP contribution is 2.23. The number of hydrogen-bond acceptors (Lipinski definition) is 3. The summed E-state index contributed by atoms with van der Waals surface area (Å²) in [4.78, 5) is 22.0. The Labute approximate surface area is 106 Å². The largest absolute Gasteiger partial charge is 0.478 e. The smallest absolute Gasteiger partial charge is 0.335 e. The van der Waals surface area contributed by atoms with E-state index in [2.05, 4.69) is 26.6 Å². The van der Waals surface area contributed by atoms with Crippen molar-refractivity contribution in [1.29, 1.82) is 0 Å². The fraction of sp³-hybridized carbons (Fsp3) is 0.200. The molecule has 0 radical (unpaired) electrons. The average molecular weight is 302 g/mol. The normalized spacial score (nSPS) is 9.76. The lowest BCUT2D eigenvalue weighted by atomic mass is 10.2. The molecule has 7 heteroatoms. The molecule has 2 amide bonds. The Morgan fingerprint density at radius 1 is 1.41 bits per heavy atom. The summed E-state index contributed by atoms with van der Waals surface area (Å²) in [7, 11) is 0. The number of aromatic carboxylic acids is 1. The number of carbonyl (C=O) groups is 2. The highest BCUT2D eigenvalue weighted by atomic mass is 79.9. The Morgan fingerprint density at radius 3 is 2.65 bits per heavy atom. The zero-order valence-electron chi connectivity index (χ0n) is 8.87. The van der Waals surface area contributed by atoms with Crippen molar-refractivity contribution < 1.29 is 14.7 Å². The van der Waals surface area contributed by atoms with Crippen LogP contribution in [-0.4, -0.2) is 30.2 Å². The number of urea groups is 1. The molecule has 0 saturated carbocycles. The Kier molecular flexibility index (Phi) is 4.92. The summed E-state index contributed by atoms with van der Waals surface area (Å²) in [5, 5.41) is 13.9. The number of nitrogens with one attached hydrogen (secondary N) is 2. The van der Waals surface area contributed by atoms with Crippen molar-refractivity contribution >= 4 is 33.6 Å². The van der Waals surface area contributed by atoms with Crippen LogP contribution in [-0.2, 0) is 0 Å². The molecule has 0 aliphatic carbocycles. The summed E-state index contributed by atoms with van der Waals surface area (Å²) in [5.74, 6) is -1.02. The highest BCUT2D eigenvalue weighted by molar-refractivity contribution is 9.10. The van der Waals surface area contributed by atoms with Crippen LogP contribution in [0.1, 0.15) is 10.4 Å². The zero-order valence-corrected chi connectivity index (χ0v) is 10.5. The van der Waals surface area contributed by atoms with Gasteiger partial charge in [0.25, 0.3) is 0 Å². The first-order valence-corrected chi connectivity index (χ1v) is 5.61. The summed E-state index contributed by atoms with van der Waals surface area (Å²) in [5.41, 5.74) is 5.87. The van der Waals surface area contributed by atoms with Gasteiger partial charge in [0.2, 0.25) is 0 Å². The van der Waals surface area contributed by atoms with Gasteiger partial charge in [-0.05, 0) is 34.1 Å². The monoisotopic (exact) mass is 301 g/mol. The van der Waals surface area contributed by atoms with E-state index in [9.17, 15) is 9.59 Å². The van der Waals surface area contributed by atoms with Gasteiger partial charge in [-0.15, -0.1) is 0 Å². The lowest BCUT2D eigenvalue weighted by molar-refractivity contribution is 0.0697. The number of halogens is 1. The van der Waals surface area contributed by atoms with Gasteiger partial charge in [-0.1, -0.05) is 0 Å². The Hall–Kier alpha value is -1.60. The second-order valence-electron chi connectivity index (χ2n) is 3.17. The third-order valence-electron chi connectivity index (χ3n) is 1.89. The van der Waals surface area contributed by atoms with Crippen molar-refractivity contribution in [2.24, 2.45) is 5.73 Å². The summed E-state index contributed by atoms with van der Waals surface area (Å²) in [6, 6.07) is 3.95. The molecular formula is C10H12BrN3O3. The van der Waals surface area contributed by atoms with Crippen molar-refractivity contribution in [1.82, 2.24) is 5.32 Å². The predicted molar refractivity (Wildman–Crippen MR) is 67.2 cm³/mol. The van der Waals surface area contributed by atoms with Crippen LogP contribution in [0.4, 0.5) is 10.5 Å². The number of benzene rings is 1. The minimum Gasteiger partial charge on any atom is -0.478 e. The lowest BCUT2D eigenvalue weighted by Gasteiger charge is -2.08. The van der Waals surface area contributed by atoms with Crippen LogP contribution < -0.4 is 16.4 Å². The topological polar surface area (TPSA) is 104 Å². The lowest BCUT2D eigenvalue weighted by Crippen LogP contribution is -2.32. The molecule has 0 aromatic heterocycles. The molecule has 0 saturated heterocycles. The fourth-order valence-corrected chi connectivity index (χ4v) is 1.58. The maximum Gasteiger partial charge on any atom is 0.335 e. The van der Waals surface area contributed by atoms with Gasteiger partial charge in [-0.2, -0.15) is 0 Å². The van der Waals surface area contributed by atoms with Gasteiger partial charge in [-0.3, -0.25) is 0 Å². The molecule has 92 valence electrons. The first-order valence-electron chi connectivity index (χ1n) is 4.82. The maximum absolute atomic E-state index is 11.3. The predicted octanol–water partition coefficient (Wildman–Crippen LogP) is 1.23. The zero-order chi connectivity index (χ0) is 12.8. The van der Waals surface area contributed by atoms with Crippen LogP contribution in [0.5, 0.6) is 0 Å². The minimum atomic E-state index is -1.02. The van der Waals surface area contributed by atoms with E-state index >= 15 is 0 Å². The van der Waals surface area contributed by atoms with Gasteiger partial charge in [-0.25, -0.2) is 9.59 Å². The van der Waals surface area contributed by atoms with Crippen molar-refractivity contribution in [2.75, 3.05) is 18.4 Å². The summed E-state index contributed by atoms with van der Waals surface area (Å²) in [6.45, 7) is 0.725. The van der Waals surface area contributed by atoms with Gasteiger partial charge in [0.15, 0.2) is 0 Å². The van der Waals surface area contributed by atoms with E-state index in [-0.39, 0.29) is 11.6 Å². The van der Waals surface area contributed by atoms with E-state index in [1.54, 1.807) is 0 Å². The number of carboxylic acid groups (broad SMARTS) is 1. The standard InChI is InChI=1S/C10H12BrN3O3/c11-7-5-6(9(15)16)1-2-8(7)14-10(17)13-4-3-12/h1-2,5H,3-4,12H2,(H,15,16)(H2,13,14,17). The van der Waals surface area contributed by atoms with E-state index in [0.717, 1.165) is 0 Å². The highest BCUT2D eigenvalue weighted by Gasteiger charge is 2.08. The molecule has 0 aliphatic heterocycles. The molecule has 1 aromatic rings. The van der Waals surface area contributed by atoms with E-state index in [1.165, 1.54) is 18.2 Å². The van der Waals surface area contributed by atoms with Crippen LogP contribution in [0.2, 0.25) is 0 Å². The quantitative estimate of drug-likeness (QED) is 0.671. The van der Waals surface area contributed by atoms with Gasteiger partial charge >= 0.3 is 12.0 Å². The second kappa shape index (κ2) is 6.21. The molecule has 1 rings (SSSR count). The van der Waals surface area contributed by atoms with Crippen LogP contribution in [0.3, 0.4) is 0 Å². The van der Waals surface area contributed by atoms with Crippen molar-refractivity contribution in [3.05, 3.63) is 28.2 Å². The molecule has 0 bridgehead atoms. The van der Waals surface area contributed by atoms with Crippen molar-refractivity contribution in [3.63, 3.8) is 0 Å². The van der Waals surface area contributed by atoms with Crippen molar-refractivity contribution in [2.45, 2.75) is 0 Å². The number of carboxylic acids is 1. The number of carbonyl (C=O) groups excluding carboxylic acids is 1. The van der Waals surface area contributed by atoms with Gasteiger partial charge in [0.1, 0.15) is 0 Å². The number of anilines is 1. The van der Waals surface area contributed by atoms with E-state index in [4.69, 9.17) is 10.8 Å². The second-order valence-corrected chi connectivity index (χ2v) is 4.02. The Balaban J connectivity index is 2.72. The summed E-state index contributed by atoms with van der Waals surface area (Å²) in [6.07, 6.45) is 0. The number of hydrogen-bond donors (Lipinski definition) is 4. The molecule has 0 fully saturated rings. The molecule has 0 atom stereocenters. The van der Waals surface area contributed by atoms with Gasteiger partial charge < -0.3 is 21.5 Å². The van der Waals surface area contributed by atoms with Gasteiger partial charge in [0.05, 0.1) is 11.3 Å². The van der Waals surface area contributed by atoms with Crippen molar-refractivity contribution in [3.8, 4) is 0 Å². The molecule has 0 heterocycles. The molecule has 5 N–H and O–H groups in total.